The monoisotopic (exact) mass is 626 g/mol. The Morgan fingerprint density at radius 3 is 0.919 bits per heavy atom. The van der Waals surface area contributed by atoms with Gasteiger partial charge in [0.05, 0.1) is 28.9 Å². The molecule has 200 valence electrons. The molecule has 0 spiro atoms. The van der Waals surface area contributed by atoms with E-state index < -0.39 is 90.3 Å². The third-order valence-electron chi connectivity index (χ3n) is 2.98. The number of carbonyl (C=O) groups is 2. The third kappa shape index (κ3) is 32.0. The Labute approximate surface area is 298 Å². The average molecular weight is 626 g/mol. The molecular weight excluding hydrogens is 602 g/mol. The van der Waals surface area contributed by atoms with Crippen molar-refractivity contribution in [1.29, 1.82) is 0 Å². The van der Waals surface area contributed by atoms with E-state index in [1.807, 2.05) is 0 Å². The van der Waals surface area contributed by atoms with E-state index in [1.54, 1.807) is 0 Å². The van der Waals surface area contributed by atoms with Crippen LogP contribution in [0.4, 0.5) is 0 Å². The first-order chi connectivity index (χ1) is 14.8. The standard InChI is InChI=1S/2C6H12O6.4Na.H4O7P2/c2*7-1-3(9)5(11)6(12)4(10)2-8;;;;;1-8(2,3)7-9(4,5)6/h2*3,5-9,11-12H,1-2H2;;;;;(H2,1,2,3)(H2,4,5,6)/q;;4*+1;/p-4. The number of hydrogen-bond acceptors (Lipinski definition) is 19. The first kappa shape index (κ1) is 56.0. The Morgan fingerprint density at radius 2 is 0.811 bits per heavy atom. The molecule has 0 aromatic carbocycles. The number of Topliss-reactive ketones (excluding diaryl/α,β-unsaturated/α-hetero) is 2. The Balaban J connectivity index is -0.0000000699. The van der Waals surface area contributed by atoms with Crippen LogP contribution < -0.4 is 138 Å². The topological polar surface area (TPSA) is 372 Å². The van der Waals surface area contributed by atoms with Gasteiger partial charge in [-0.15, -0.1) is 0 Å². The molecule has 10 N–H and O–H groups in total. The van der Waals surface area contributed by atoms with E-state index in [4.69, 9.17) is 51.1 Å². The molecule has 6 unspecified atom stereocenters. The van der Waals surface area contributed by atoms with Crippen molar-refractivity contribution in [2.24, 2.45) is 0 Å². The van der Waals surface area contributed by atoms with Crippen molar-refractivity contribution < 1.29 is 212 Å². The van der Waals surface area contributed by atoms with Gasteiger partial charge < -0.3 is 84.1 Å². The summed E-state index contributed by atoms with van der Waals surface area (Å²) in [5.74, 6) is -2.01. The predicted molar refractivity (Wildman–Crippen MR) is 90.7 cm³/mol. The first-order valence-electron chi connectivity index (χ1n) is 8.12. The fraction of sp³-hybridized carbons (Fsp3) is 0.833. The maximum absolute atomic E-state index is 10.5. The van der Waals surface area contributed by atoms with E-state index in [1.165, 1.54) is 0 Å². The van der Waals surface area contributed by atoms with Gasteiger partial charge in [0.2, 0.25) is 0 Å². The largest absolute Gasteiger partial charge is 1.00 e. The molecule has 0 fully saturated rings. The van der Waals surface area contributed by atoms with Crippen LogP contribution in [-0.4, -0.2) is 126 Å². The molecule has 0 aromatic heterocycles. The minimum Gasteiger partial charge on any atom is -0.790 e. The van der Waals surface area contributed by atoms with Gasteiger partial charge in [0.25, 0.3) is 0 Å². The van der Waals surface area contributed by atoms with Crippen LogP contribution in [0.15, 0.2) is 0 Å². The molecule has 0 amide bonds. The Bertz CT molecular complexity index is 609. The predicted octanol–water partition coefficient (Wildman–Crippen LogP) is -22.1. The zero-order valence-corrected chi connectivity index (χ0v) is 30.1. The minimum atomic E-state index is -5.68. The SMILES string of the molecule is O=C(CO)C(O)C(O)C(O)CO.O=C(CO)C(O)C(O)C(O)CO.O=P([O-])([O-])OP(=O)([O-])[O-].[Na+].[Na+].[Na+].[Na+]. The number of hydrogen-bond donors (Lipinski definition) is 10. The summed E-state index contributed by atoms with van der Waals surface area (Å²) in [4.78, 5) is 58.3. The average Bonchev–Trinajstić information content (AvgIpc) is 2.72. The summed E-state index contributed by atoms with van der Waals surface area (Å²) in [6.07, 6.45) is -10.4. The minimum absolute atomic E-state index is 0. The van der Waals surface area contributed by atoms with Crippen LogP contribution in [0.25, 0.3) is 0 Å². The molecule has 0 radical (unpaired) electrons. The van der Waals surface area contributed by atoms with Crippen molar-refractivity contribution in [3.8, 4) is 0 Å². The van der Waals surface area contributed by atoms with Gasteiger partial charge in [0.1, 0.15) is 49.8 Å². The van der Waals surface area contributed by atoms with Crippen LogP contribution in [0, 0.1) is 0 Å². The molecule has 0 rings (SSSR count). The Hall–Kier alpha value is 3.20. The van der Waals surface area contributed by atoms with Crippen molar-refractivity contribution in [2.75, 3.05) is 26.4 Å². The van der Waals surface area contributed by atoms with Crippen LogP contribution in [0.2, 0.25) is 0 Å². The van der Waals surface area contributed by atoms with Crippen molar-refractivity contribution in [2.45, 2.75) is 36.6 Å². The van der Waals surface area contributed by atoms with Gasteiger partial charge >= 0.3 is 118 Å². The second-order valence-corrected chi connectivity index (χ2v) is 8.04. The summed E-state index contributed by atoms with van der Waals surface area (Å²) in [6, 6.07) is 0. The summed E-state index contributed by atoms with van der Waals surface area (Å²) in [5, 5.41) is 86.1. The van der Waals surface area contributed by atoms with E-state index in [9.17, 15) is 38.3 Å². The van der Waals surface area contributed by atoms with Crippen molar-refractivity contribution in [1.82, 2.24) is 0 Å². The normalized spacial score (nSPS) is 15.3. The van der Waals surface area contributed by atoms with Gasteiger partial charge in [0, 0.05) is 0 Å². The van der Waals surface area contributed by atoms with E-state index in [-0.39, 0.29) is 118 Å². The second-order valence-electron chi connectivity index (χ2n) is 5.60. The van der Waals surface area contributed by atoms with Crippen LogP contribution in [0.1, 0.15) is 0 Å². The van der Waals surface area contributed by atoms with E-state index in [2.05, 4.69) is 4.31 Å². The van der Waals surface area contributed by atoms with Gasteiger partial charge in [-0.3, -0.25) is 9.59 Å². The van der Waals surface area contributed by atoms with E-state index in [0.717, 1.165) is 0 Å². The van der Waals surface area contributed by atoms with Crippen LogP contribution in [-0.2, 0) is 23.0 Å². The van der Waals surface area contributed by atoms with Crippen LogP contribution >= 0.6 is 15.6 Å². The number of aliphatic hydroxyl groups excluding tert-OH is 10. The number of carbonyl (C=O) groups excluding carboxylic acids is 2. The Morgan fingerprint density at radius 1 is 0.595 bits per heavy atom. The Kier molecular flexibility index (Phi) is 44.3. The smallest absolute Gasteiger partial charge is 0.790 e. The molecule has 25 heteroatoms. The third-order valence-corrected chi connectivity index (χ3v) is 4.58. The number of phosphoric acid groups is 2. The molecule has 0 heterocycles. The first-order valence-corrected chi connectivity index (χ1v) is 11.0. The molecule has 37 heavy (non-hydrogen) atoms. The molecule has 0 aliphatic rings. The molecule has 0 aliphatic carbocycles. The molecule has 0 saturated carbocycles. The summed E-state index contributed by atoms with van der Waals surface area (Å²) < 4.78 is 21.2. The zero-order chi connectivity index (χ0) is 27.2. The maximum atomic E-state index is 10.5. The second kappa shape index (κ2) is 29.3. The number of aliphatic hydroxyl groups is 10. The molecular formula is C12H24Na4O19P2. The molecule has 19 nitrogen and oxygen atoms in total. The molecule has 0 aromatic rings. The molecule has 0 aliphatic heterocycles. The molecule has 6 atom stereocenters. The summed E-state index contributed by atoms with van der Waals surface area (Å²) >= 11 is 0. The summed E-state index contributed by atoms with van der Waals surface area (Å²) in [6.45, 7) is -3.37. The molecule has 0 saturated heterocycles. The summed E-state index contributed by atoms with van der Waals surface area (Å²) in [7, 11) is -11.4. The fourth-order valence-corrected chi connectivity index (χ4v) is 2.31. The van der Waals surface area contributed by atoms with Crippen LogP contribution in [0.5, 0.6) is 0 Å². The van der Waals surface area contributed by atoms with E-state index in [0.29, 0.717) is 0 Å². The number of ketones is 2. The quantitative estimate of drug-likeness (QED) is 0.0709. The maximum Gasteiger partial charge on any atom is 1.00 e. The van der Waals surface area contributed by atoms with Gasteiger partial charge in [-0.25, -0.2) is 0 Å². The van der Waals surface area contributed by atoms with E-state index >= 15 is 0 Å². The van der Waals surface area contributed by atoms with Crippen molar-refractivity contribution in [3.63, 3.8) is 0 Å². The number of rotatable bonds is 12. The zero-order valence-electron chi connectivity index (χ0n) is 20.3. The van der Waals surface area contributed by atoms with Gasteiger partial charge in [-0.2, -0.15) is 0 Å². The summed E-state index contributed by atoms with van der Waals surface area (Å²) in [5.41, 5.74) is 0. The van der Waals surface area contributed by atoms with Crippen LogP contribution in [0.3, 0.4) is 0 Å². The van der Waals surface area contributed by atoms with Gasteiger partial charge in [-0.05, 0) is 0 Å². The van der Waals surface area contributed by atoms with Gasteiger partial charge in [-0.1, -0.05) is 0 Å². The van der Waals surface area contributed by atoms with Crippen molar-refractivity contribution in [3.05, 3.63) is 0 Å². The van der Waals surface area contributed by atoms with Gasteiger partial charge in [0.15, 0.2) is 11.6 Å². The fourth-order valence-electron chi connectivity index (χ4n) is 1.33. The van der Waals surface area contributed by atoms with Crippen molar-refractivity contribution >= 4 is 27.2 Å². The molecule has 0 bridgehead atoms.